The largest absolute Gasteiger partial charge is 0.573 e. The van der Waals surface area contributed by atoms with E-state index in [9.17, 15) is 23.2 Å². The minimum absolute atomic E-state index is 0.0283. The second-order valence-electron chi connectivity index (χ2n) is 4.41. The first-order chi connectivity index (χ1) is 11.2. The van der Waals surface area contributed by atoms with E-state index in [-0.39, 0.29) is 26.1 Å². The van der Waals surface area contributed by atoms with Crippen LogP contribution in [-0.2, 0) is 0 Å². The van der Waals surface area contributed by atoms with Gasteiger partial charge in [-0.25, -0.2) is 0 Å². The number of benzene rings is 1. The number of pyridine rings is 1. The first-order valence-corrected chi connectivity index (χ1v) is 7.17. The molecule has 0 amide bonds. The van der Waals surface area contributed by atoms with Gasteiger partial charge in [0.05, 0.1) is 3.57 Å². The highest BCUT2D eigenvalue weighted by atomic mass is 127. The van der Waals surface area contributed by atoms with Gasteiger partial charge in [-0.05, 0) is 40.3 Å². The van der Waals surface area contributed by atoms with Gasteiger partial charge in [0, 0.05) is 5.56 Å². The third-order valence-corrected chi connectivity index (χ3v) is 3.80. The second-order valence-corrected chi connectivity index (χ2v) is 5.57. The fraction of sp³-hybridized carbons (Fsp3) is 0.0714. The Bertz CT molecular complexity index is 955. The lowest BCUT2D eigenvalue weighted by atomic mass is 9.96. The second kappa shape index (κ2) is 6.41. The SMILES string of the molecule is N#Cc1c(N)[nH]c(=O)c(C#N)c1-c1ccc(I)c(OC(F)(F)F)c1. The highest BCUT2D eigenvalue weighted by Crippen LogP contribution is 2.35. The van der Waals surface area contributed by atoms with Crippen LogP contribution in [0.5, 0.6) is 5.75 Å². The molecular weight excluding hydrogens is 440 g/mol. The van der Waals surface area contributed by atoms with Gasteiger partial charge < -0.3 is 15.5 Å². The van der Waals surface area contributed by atoms with Gasteiger partial charge in [0.25, 0.3) is 5.56 Å². The highest BCUT2D eigenvalue weighted by Gasteiger charge is 2.32. The predicted molar refractivity (Wildman–Crippen MR) is 85.7 cm³/mol. The summed E-state index contributed by atoms with van der Waals surface area (Å²) in [5, 5.41) is 18.4. The summed E-state index contributed by atoms with van der Waals surface area (Å²) >= 11 is 1.64. The average Bonchev–Trinajstić information content (AvgIpc) is 2.47. The Morgan fingerprint density at radius 2 is 1.83 bits per heavy atom. The number of nitrogens with zero attached hydrogens (tertiary/aromatic N) is 2. The fourth-order valence-corrected chi connectivity index (χ4v) is 2.44. The number of nitrogens with two attached hydrogens (primary N) is 1. The first kappa shape index (κ1) is 17.6. The number of anilines is 1. The molecule has 0 aliphatic heterocycles. The molecule has 0 aliphatic rings. The summed E-state index contributed by atoms with van der Waals surface area (Å²) in [6.45, 7) is 0. The van der Waals surface area contributed by atoms with Gasteiger partial charge in [-0.1, -0.05) is 6.07 Å². The topological polar surface area (TPSA) is 116 Å². The zero-order valence-electron chi connectivity index (χ0n) is 11.5. The lowest BCUT2D eigenvalue weighted by Gasteiger charge is -2.13. The maximum atomic E-state index is 12.5. The smallest absolute Gasteiger partial charge is 0.405 e. The summed E-state index contributed by atoms with van der Waals surface area (Å²) in [5.74, 6) is -0.805. The standard InChI is InChI=1S/C14H6F3IN4O2/c15-14(16,17)24-10-3-6(1-2-9(10)18)11-7(4-19)12(21)22-13(23)8(11)5-20/h1-3H,(H3,21,22,23). The Morgan fingerprint density at radius 3 is 2.38 bits per heavy atom. The zero-order valence-corrected chi connectivity index (χ0v) is 13.7. The maximum Gasteiger partial charge on any atom is 0.573 e. The molecule has 0 spiro atoms. The van der Waals surface area contributed by atoms with E-state index in [0.29, 0.717) is 0 Å². The molecule has 1 aromatic carbocycles. The fourth-order valence-electron chi connectivity index (χ4n) is 1.99. The Morgan fingerprint density at radius 1 is 1.21 bits per heavy atom. The van der Waals surface area contributed by atoms with Crippen molar-refractivity contribution in [2.24, 2.45) is 0 Å². The van der Waals surface area contributed by atoms with Crippen molar-refractivity contribution in [1.29, 1.82) is 10.5 Å². The Labute approximate surface area is 146 Å². The number of alkyl halides is 3. The normalized spacial score (nSPS) is 10.8. The predicted octanol–water partition coefficient (Wildman–Crippen LogP) is 2.87. The molecule has 10 heteroatoms. The molecule has 0 aliphatic carbocycles. The molecule has 0 unspecified atom stereocenters. The van der Waals surface area contributed by atoms with Crippen LogP contribution in [0.1, 0.15) is 11.1 Å². The molecule has 6 nitrogen and oxygen atoms in total. The van der Waals surface area contributed by atoms with Crippen molar-refractivity contribution in [3.8, 4) is 29.0 Å². The van der Waals surface area contributed by atoms with Crippen molar-refractivity contribution in [3.63, 3.8) is 0 Å². The molecule has 0 bridgehead atoms. The van der Waals surface area contributed by atoms with Gasteiger partial charge in [0.1, 0.15) is 34.8 Å². The van der Waals surface area contributed by atoms with Gasteiger partial charge in [-0.2, -0.15) is 10.5 Å². The summed E-state index contributed by atoms with van der Waals surface area (Å²) in [5.41, 5.74) is 3.95. The lowest BCUT2D eigenvalue weighted by Crippen LogP contribution is -2.18. The summed E-state index contributed by atoms with van der Waals surface area (Å²) in [6, 6.07) is 7.02. The van der Waals surface area contributed by atoms with Gasteiger partial charge in [0.2, 0.25) is 0 Å². The van der Waals surface area contributed by atoms with Crippen molar-refractivity contribution in [1.82, 2.24) is 4.98 Å². The monoisotopic (exact) mass is 446 g/mol. The molecule has 0 saturated heterocycles. The molecule has 2 rings (SSSR count). The number of ether oxygens (including phenoxy) is 1. The van der Waals surface area contributed by atoms with E-state index < -0.39 is 23.2 Å². The van der Waals surface area contributed by atoms with Crippen LogP contribution in [0.2, 0.25) is 0 Å². The molecule has 24 heavy (non-hydrogen) atoms. The number of hydrogen-bond acceptors (Lipinski definition) is 5. The highest BCUT2D eigenvalue weighted by molar-refractivity contribution is 14.1. The van der Waals surface area contributed by atoms with Gasteiger partial charge >= 0.3 is 6.36 Å². The molecule has 122 valence electrons. The van der Waals surface area contributed by atoms with Crippen LogP contribution in [0, 0.1) is 26.2 Å². The minimum atomic E-state index is -4.91. The molecular formula is C14H6F3IN4O2. The van der Waals surface area contributed by atoms with Crippen LogP contribution in [0.15, 0.2) is 23.0 Å². The molecule has 2 aromatic rings. The summed E-state index contributed by atoms with van der Waals surface area (Å²) in [6.07, 6.45) is -4.91. The first-order valence-electron chi connectivity index (χ1n) is 6.09. The van der Waals surface area contributed by atoms with E-state index in [0.717, 1.165) is 6.07 Å². The third kappa shape index (κ3) is 3.44. The van der Waals surface area contributed by atoms with Crippen molar-refractivity contribution in [2.75, 3.05) is 5.73 Å². The van der Waals surface area contributed by atoms with Crippen LogP contribution in [-0.4, -0.2) is 11.3 Å². The molecule has 1 heterocycles. The van der Waals surface area contributed by atoms with Gasteiger partial charge in [-0.3, -0.25) is 4.79 Å². The molecule has 0 fully saturated rings. The summed E-state index contributed by atoms with van der Waals surface area (Å²) < 4.78 is 41.5. The summed E-state index contributed by atoms with van der Waals surface area (Å²) in [7, 11) is 0. The van der Waals surface area contributed by atoms with Gasteiger partial charge in [-0.15, -0.1) is 13.2 Å². The molecule has 0 atom stereocenters. The van der Waals surface area contributed by atoms with E-state index in [1.54, 1.807) is 34.7 Å². The Hall–Kier alpha value is -2.73. The molecule has 3 N–H and O–H groups in total. The number of H-pyrrole nitrogens is 1. The Kier molecular flexibility index (Phi) is 4.71. The number of nitrogen functional groups attached to an aromatic ring is 1. The minimum Gasteiger partial charge on any atom is -0.405 e. The number of nitriles is 2. The van der Waals surface area contributed by atoms with Crippen LogP contribution in [0.3, 0.4) is 0 Å². The van der Waals surface area contributed by atoms with Gasteiger partial charge in [0.15, 0.2) is 0 Å². The van der Waals surface area contributed by atoms with E-state index in [1.807, 2.05) is 0 Å². The average molecular weight is 446 g/mol. The number of aromatic nitrogens is 1. The number of rotatable bonds is 2. The van der Waals surface area contributed by atoms with Crippen molar-refractivity contribution < 1.29 is 17.9 Å². The molecule has 0 radical (unpaired) electrons. The summed E-state index contributed by atoms with van der Waals surface area (Å²) in [4.78, 5) is 14.0. The number of aromatic amines is 1. The zero-order chi connectivity index (χ0) is 18.1. The number of nitrogens with one attached hydrogen (secondary N) is 1. The van der Waals surface area contributed by atoms with Crippen LogP contribution in [0.25, 0.3) is 11.1 Å². The van der Waals surface area contributed by atoms with E-state index in [1.165, 1.54) is 12.1 Å². The van der Waals surface area contributed by atoms with Crippen LogP contribution >= 0.6 is 22.6 Å². The molecule has 1 aromatic heterocycles. The molecule has 0 saturated carbocycles. The number of halogens is 4. The van der Waals surface area contributed by atoms with Crippen molar-refractivity contribution in [3.05, 3.63) is 43.2 Å². The van der Waals surface area contributed by atoms with E-state index in [2.05, 4.69) is 9.72 Å². The van der Waals surface area contributed by atoms with E-state index in [4.69, 9.17) is 11.0 Å². The van der Waals surface area contributed by atoms with Crippen molar-refractivity contribution >= 4 is 28.4 Å². The van der Waals surface area contributed by atoms with Crippen LogP contribution in [0.4, 0.5) is 19.0 Å². The van der Waals surface area contributed by atoms with Crippen LogP contribution < -0.4 is 16.0 Å². The lowest BCUT2D eigenvalue weighted by molar-refractivity contribution is -0.274. The third-order valence-electron chi connectivity index (χ3n) is 2.91. The quantitative estimate of drug-likeness (QED) is 0.689. The Balaban J connectivity index is 2.79. The number of hydrogen-bond donors (Lipinski definition) is 2. The van der Waals surface area contributed by atoms with Crippen molar-refractivity contribution in [2.45, 2.75) is 6.36 Å². The maximum absolute atomic E-state index is 12.5. The van der Waals surface area contributed by atoms with E-state index >= 15 is 0 Å².